The Morgan fingerprint density at radius 2 is 1.08 bits per heavy atom. The standard InChI is InChI=1S/C35H34N2O2/c38-32(37-24-13-22-34(27-37,28-14-5-1-6-15-28)29-16-7-2-8-17-29)26-36-25-23-35(33(36)39,30-18-9-3-10-19-30)31-20-11-4-12-21-31/h1-12,14-21H,13,22-27H2. The zero-order valence-corrected chi connectivity index (χ0v) is 22.2. The van der Waals surface area contributed by atoms with Gasteiger partial charge in [-0.25, -0.2) is 0 Å². The first-order valence-electron chi connectivity index (χ1n) is 13.9. The number of hydrogen-bond acceptors (Lipinski definition) is 2. The summed E-state index contributed by atoms with van der Waals surface area (Å²) in [6, 6.07) is 41.2. The Bertz CT molecular complexity index is 1340. The molecule has 2 fully saturated rings. The molecule has 2 aliphatic heterocycles. The highest BCUT2D eigenvalue weighted by Crippen LogP contribution is 2.43. The maximum atomic E-state index is 14.2. The molecule has 6 rings (SSSR count). The molecule has 4 aromatic carbocycles. The van der Waals surface area contributed by atoms with E-state index in [1.165, 1.54) is 11.1 Å². The summed E-state index contributed by atoms with van der Waals surface area (Å²) in [5.74, 6) is 0.0406. The first-order chi connectivity index (χ1) is 19.1. The second-order valence-corrected chi connectivity index (χ2v) is 10.8. The molecule has 0 bridgehead atoms. The fraction of sp³-hybridized carbons (Fsp3) is 0.257. The van der Waals surface area contributed by atoms with Gasteiger partial charge in [0.25, 0.3) is 0 Å². The minimum Gasteiger partial charge on any atom is -0.340 e. The molecule has 4 nitrogen and oxygen atoms in total. The van der Waals surface area contributed by atoms with Crippen molar-refractivity contribution < 1.29 is 9.59 Å². The van der Waals surface area contributed by atoms with Crippen LogP contribution in [0.4, 0.5) is 0 Å². The third-order valence-electron chi connectivity index (χ3n) is 8.77. The van der Waals surface area contributed by atoms with Crippen LogP contribution in [0.5, 0.6) is 0 Å². The molecule has 0 unspecified atom stereocenters. The van der Waals surface area contributed by atoms with Gasteiger partial charge in [0.05, 0.1) is 6.54 Å². The van der Waals surface area contributed by atoms with E-state index in [-0.39, 0.29) is 23.8 Å². The smallest absolute Gasteiger partial charge is 0.242 e. The Balaban J connectivity index is 1.27. The minimum absolute atomic E-state index is 0.0163. The van der Waals surface area contributed by atoms with Crippen LogP contribution in [0, 0.1) is 0 Å². The van der Waals surface area contributed by atoms with Gasteiger partial charge in [0.1, 0.15) is 5.41 Å². The van der Waals surface area contributed by atoms with Gasteiger partial charge in [-0.15, -0.1) is 0 Å². The lowest BCUT2D eigenvalue weighted by molar-refractivity contribution is -0.141. The van der Waals surface area contributed by atoms with Gasteiger partial charge < -0.3 is 9.80 Å². The molecule has 4 aromatic rings. The molecule has 2 saturated heterocycles. The van der Waals surface area contributed by atoms with Crippen molar-refractivity contribution >= 4 is 11.8 Å². The highest BCUT2D eigenvalue weighted by molar-refractivity contribution is 5.96. The molecule has 0 saturated carbocycles. The normalized spacial score (nSPS) is 18.2. The molecule has 196 valence electrons. The van der Waals surface area contributed by atoms with Gasteiger partial charge in [-0.3, -0.25) is 9.59 Å². The van der Waals surface area contributed by atoms with Gasteiger partial charge in [-0.05, 0) is 41.5 Å². The van der Waals surface area contributed by atoms with Crippen molar-refractivity contribution in [1.29, 1.82) is 0 Å². The van der Waals surface area contributed by atoms with Crippen LogP contribution in [0.25, 0.3) is 0 Å². The fourth-order valence-electron chi connectivity index (χ4n) is 6.76. The van der Waals surface area contributed by atoms with Crippen LogP contribution in [0.1, 0.15) is 41.5 Å². The van der Waals surface area contributed by atoms with E-state index in [2.05, 4.69) is 48.5 Å². The Morgan fingerprint density at radius 3 is 1.56 bits per heavy atom. The van der Waals surface area contributed by atoms with Crippen LogP contribution in [-0.4, -0.2) is 47.8 Å². The number of likely N-dealkylation sites (tertiary alicyclic amines) is 2. The van der Waals surface area contributed by atoms with Crippen molar-refractivity contribution in [3.63, 3.8) is 0 Å². The van der Waals surface area contributed by atoms with E-state index in [1.807, 2.05) is 77.7 Å². The predicted molar refractivity (Wildman–Crippen MR) is 154 cm³/mol. The maximum Gasteiger partial charge on any atom is 0.242 e. The van der Waals surface area contributed by atoms with Gasteiger partial charge in [0, 0.05) is 25.0 Å². The van der Waals surface area contributed by atoms with Crippen LogP contribution < -0.4 is 0 Å². The number of benzene rings is 4. The average Bonchev–Trinajstić information content (AvgIpc) is 3.35. The third kappa shape index (κ3) is 4.44. The number of piperidine rings is 1. The zero-order chi connectivity index (χ0) is 26.7. The van der Waals surface area contributed by atoms with Crippen LogP contribution >= 0.6 is 0 Å². The zero-order valence-electron chi connectivity index (χ0n) is 22.2. The molecule has 2 heterocycles. The predicted octanol–water partition coefficient (Wildman–Crippen LogP) is 5.81. The number of nitrogens with zero attached hydrogens (tertiary/aromatic N) is 2. The lowest BCUT2D eigenvalue weighted by Gasteiger charge is -2.44. The van der Waals surface area contributed by atoms with Crippen LogP contribution in [-0.2, 0) is 20.4 Å². The Morgan fingerprint density at radius 1 is 0.615 bits per heavy atom. The molecule has 0 aliphatic carbocycles. The molecule has 0 atom stereocenters. The molecular weight excluding hydrogens is 480 g/mol. The van der Waals surface area contributed by atoms with E-state index in [9.17, 15) is 9.59 Å². The van der Waals surface area contributed by atoms with Gasteiger partial charge >= 0.3 is 0 Å². The summed E-state index contributed by atoms with van der Waals surface area (Å²) in [7, 11) is 0. The van der Waals surface area contributed by atoms with E-state index in [0.29, 0.717) is 26.1 Å². The maximum absolute atomic E-state index is 14.2. The highest BCUT2D eigenvalue weighted by Gasteiger charge is 2.50. The number of carbonyl (C=O) groups excluding carboxylic acids is 2. The van der Waals surface area contributed by atoms with E-state index in [4.69, 9.17) is 0 Å². The summed E-state index contributed by atoms with van der Waals surface area (Å²) >= 11 is 0. The molecule has 0 aromatic heterocycles. The topological polar surface area (TPSA) is 40.6 Å². The average molecular weight is 515 g/mol. The second kappa shape index (κ2) is 10.5. The van der Waals surface area contributed by atoms with Gasteiger partial charge in [-0.1, -0.05) is 121 Å². The first-order valence-corrected chi connectivity index (χ1v) is 13.9. The van der Waals surface area contributed by atoms with Gasteiger partial charge in [0.15, 0.2) is 0 Å². The summed E-state index contributed by atoms with van der Waals surface area (Å²) in [6.45, 7) is 2.00. The SMILES string of the molecule is O=C(CN1CCC(c2ccccc2)(c2ccccc2)C1=O)N1CCCC(c2ccccc2)(c2ccccc2)C1. The molecule has 2 aliphatic rings. The lowest BCUT2D eigenvalue weighted by atomic mass is 9.69. The number of carbonyl (C=O) groups is 2. The van der Waals surface area contributed by atoms with Crippen molar-refractivity contribution in [2.75, 3.05) is 26.2 Å². The van der Waals surface area contributed by atoms with Crippen LogP contribution in [0.3, 0.4) is 0 Å². The van der Waals surface area contributed by atoms with Crippen LogP contribution in [0.15, 0.2) is 121 Å². The summed E-state index contributed by atoms with van der Waals surface area (Å²) in [5.41, 5.74) is 3.42. The molecule has 39 heavy (non-hydrogen) atoms. The minimum atomic E-state index is -0.761. The number of rotatable bonds is 6. The summed E-state index contributed by atoms with van der Waals surface area (Å²) in [5, 5.41) is 0. The molecule has 0 N–H and O–H groups in total. The van der Waals surface area contributed by atoms with E-state index in [1.54, 1.807) is 4.90 Å². The fourth-order valence-corrected chi connectivity index (χ4v) is 6.76. The largest absolute Gasteiger partial charge is 0.340 e. The van der Waals surface area contributed by atoms with Crippen LogP contribution in [0.2, 0.25) is 0 Å². The molecule has 0 radical (unpaired) electrons. The van der Waals surface area contributed by atoms with Crippen molar-refractivity contribution in [3.8, 4) is 0 Å². The highest BCUT2D eigenvalue weighted by atomic mass is 16.2. The van der Waals surface area contributed by atoms with E-state index >= 15 is 0 Å². The Kier molecular flexibility index (Phi) is 6.78. The molecular formula is C35H34N2O2. The van der Waals surface area contributed by atoms with Crippen molar-refractivity contribution in [3.05, 3.63) is 144 Å². The molecule has 0 spiro atoms. The summed E-state index contributed by atoms with van der Waals surface area (Å²) in [6.07, 6.45) is 2.56. The summed E-state index contributed by atoms with van der Waals surface area (Å²) < 4.78 is 0. The monoisotopic (exact) mass is 514 g/mol. The first kappa shape index (κ1) is 25.1. The second-order valence-electron chi connectivity index (χ2n) is 10.8. The third-order valence-corrected chi connectivity index (χ3v) is 8.77. The lowest BCUT2D eigenvalue weighted by Crippen LogP contribution is -2.52. The van der Waals surface area contributed by atoms with Crippen molar-refractivity contribution in [1.82, 2.24) is 9.80 Å². The number of amides is 2. The van der Waals surface area contributed by atoms with Crippen molar-refractivity contribution in [2.24, 2.45) is 0 Å². The van der Waals surface area contributed by atoms with Crippen molar-refractivity contribution in [2.45, 2.75) is 30.1 Å². The Labute approximate surface area is 230 Å². The molecule has 2 amide bonds. The Hall–Kier alpha value is -4.18. The van der Waals surface area contributed by atoms with E-state index < -0.39 is 5.41 Å². The summed E-state index contributed by atoms with van der Waals surface area (Å²) in [4.78, 5) is 31.8. The van der Waals surface area contributed by atoms with Gasteiger partial charge in [-0.2, -0.15) is 0 Å². The quantitative estimate of drug-likeness (QED) is 0.326. The number of hydrogen-bond donors (Lipinski definition) is 0. The van der Waals surface area contributed by atoms with E-state index in [0.717, 1.165) is 24.0 Å². The van der Waals surface area contributed by atoms with Gasteiger partial charge in [0.2, 0.25) is 11.8 Å². The molecule has 4 heteroatoms.